The number of nitrogens with one attached hydrogen (secondary N) is 1. The molecular weight excluding hydrogens is 169 g/mol. The van der Waals surface area contributed by atoms with Crippen LogP contribution < -0.4 is 5.32 Å². The second-order valence-electron chi connectivity index (χ2n) is 3.46. The summed E-state index contributed by atoms with van der Waals surface area (Å²) in [5.74, 6) is 0. The van der Waals surface area contributed by atoms with Crippen LogP contribution in [0.25, 0.3) is 0 Å². The lowest BCUT2D eigenvalue weighted by Gasteiger charge is -2.37. The number of likely N-dealkylation sites (tertiary alicyclic amines) is 1. The van der Waals surface area contributed by atoms with Crippen molar-refractivity contribution in [3.63, 3.8) is 0 Å². The summed E-state index contributed by atoms with van der Waals surface area (Å²) in [4.78, 5) is 1.53. The summed E-state index contributed by atoms with van der Waals surface area (Å²) < 4.78 is 35.9. The number of hydrogen-bond donors (Lipinski definition) is 1. The Morgan fingerprint density at radius 2 is 2.17 bits per heavy atom. The first-order valence-corrected chi connectivity index (χ1v) is 4.10. The molecule has 0 aromatic rings. The predicted molar refractivity (Wildman–Crippen MR) is 37.8 cm³/mol. The molecule has 70 valence electrons. The first kappa shape index (κ1) is 8.31. The average Bonchev–Trinajstić information content (AvgIpc) is 2.02. The van der Waals surface area contributed by atoms with Gasteiger partial charge in [-0.3, -0.25) is 4.90 Å². The van der Waals surface area contributed by atoms with Crippen LogP contribution in [0.1, 0.15) is 6.42 Å². The summed E-state index contributed by atoms with van der Waals surface area (Å²) in [5, 5.41) is 3.11. The van der Waals surface area contributed by atoms with Crippen LogP contribution in [0, 0.1) is 0 Å². The molecule has 5 heteroatoms. The van der Waals surface area contributed by atoms with Gasteiger partial charge in [0.1, 0.15) is 0 Å². The molecule has 2 fully saturated rings. The number of nitrogens with zero attached hydrogens (tertiary/aromatic N) is 1. The van der Waals surface area contributed by atoms with Crippen molar-refractivity contribution >= 4 is 0 Å². The Hall–Kier alpha value is -0.290. The Balaban J connectivity index is 1.89. The van der Waals surface area contributed by atoms with Crippen molar-refractivity contribution in [1.82, 2.24) is 10.2 Å². The fraction of sp³-hybridized carbons (Fsp3) is 1.00. The number of halogens is 3. The molecule has 0 spiro atoms. The van der Waals surface area contributed by atoms with Gasteiger partial charge in [-0.15, -0.1) is 0 Å². The largest absolute Gasteiger partial charge is 0.401 e. The molecule has 0 aromatic heterocycles. The Morgan fingerprint density at radius 1 is 1.42 bits per heavy atom. The van der Waals surface area contributed by atoms with Crippen molar-refractivity contribution in [2.75, 3.05) is 19.6 Å². The smallest absolute Gasteiger partial charge is 0.311 e. The number of alkyl halides is 3. The minimum absolute atomic E-state index is 0.145. The van der Waals surface area contributed by atoms with E-state index in [1.54, 1.807) is 0 Å². The lowest BCUT2D eigenvalue weighted by Crippen LogP contribution is -2.60. The van der Waals surface area contributed by atoms with Gasteiger partial charge in [0, 0.05) is 25.2 Å². The molecule has 0 amide bonds. The topological polar surface area (TPSA) is 15.3 Å². The Kier molecular flexibility index (Phi) is 1.80. The summed E-state index contributed by atoms with van der Waals surface area (Å²) >= 11 is 0. The molecule has 0 aromatic carbocycles. The molecule has 0 bridgehead atoms. The molecular formula is C7H11F3N2. The molecule has 12 heavy (non-hydrogen) atoms. The van der Waals surface area contributed by atoms with E-state index in [0.717, 1.165) is 13.0 Å². The maximum atomic E-state index is 12.0. The van der Waals surface area contributed by atoms with Gasteiger partial charge in [0.05, 0.1) is 6.54 Å². The summed E-state index contributed by atoms with van der Waals surface area (Å²) in [5.41, 5.74) is 0. The molecule has 2 atom stereocenters. The van der Waals surface area contributed by atoms with E-state index in [0.29, 0.717) is 12.6 Å². The lowest BCUT2D eigenvalue weighted by molar-refractivity contribution is -0.149. The molecule has 2 aliphatic rings. The number of fused-ring (bicyclic) bond motifs is 1. The van der Waals surface area contributed by atoms with E-state index in [4.69, 9.17) is 0 Å². The van der Waals surface area contributed by atoms with E-state index in [1.807, 2.05) is 0 Å². The van der Waals surface area contributed by atoms with Gasteiger partial charge in [-0.2, -0.15) is 13.2 Å². The zero-order chi connectivity index (χ0) is 8.77. The zero-order valence-corrected chi connectivity index (χ0v) is 6.56. The number of hydrogen-bond acceptors (Lipinski definition) is 2. The molecule has 0 unspecified atom stereocenters. The van der Waals surface area contributed by atoms with E-state index in [-0.39, 0.29) is 6.04 Å². The van der Waals surface area contributed by atoms with Crippen LogP contribution in [0.15, 0.2) is 0 Å². The molecule has 2 aliphatic heterocycles. The quantitative estimate of drug-likeness (QED) is 0.635. The first-order valence-electron chi connectivity index (χ1n) is 4.10. The fourth-order valence-corrected chi connectivity index (χ4v) is 1.97. The van der Waals surface area contributed by atoms with Gasteiger partial charge in [0.15, 0.2) is 0 Å². The van der Waals surface area contributed by atoms with Crippen LogP contribution in [-0.4, -0.2) is 42.8 Å². The van der Waals surface area contributed by atoms with Gasteiger partial charge in [0.25, 0.3) is 0 Å². The highest BCUT2D eigenvalue weighted by Crippen LogP contribution is 2.27. The molecule has 2 heterocycles. The van der Waals surface area contributed by atoms with Crippen molar-refractivity contribution in [3.05, 3.63) is 0 Å². The zero-order valence-electron chi connectivity index (χ0n) is 6.56. The third-order valence-electron chi connectivity index (χ3n) is 2.63. The maximum Gasteiger partial charge on any atom is 0.401 e. The van der Waals surface area contributed by atoms with Gasteiger partial charge < -0.3 is 5.32 Å². The van der Waals surface area contributed by atoms with Gasteiger partial charge >= 0.3 is 6.18 Å². The van der Waals surface area contributed by atoms with Gasteiger partial charge in [-0.1, -0.05) is 0 Å². The van der Waals surface area contributed by atoms with Crippen molar-refractivity contribution in [2.24, 2.45) is 0 Å². The van der Waals surface area contributed by atoms with E-state index < -0.39 is 12.7 Å². The summed E-state index contributed by atoms with van der Waals surface area (Å²) in [6, 6.07) is 0.471. The molecule has 1 N–H and O–H groups in total. The normalized spacial score (nSPS) is 36.2. The molecule has 0 aliphatic carbocycles. The molecule has 2 rings (SSSR count). The van der Waals surface area contributed by atoms with Crippen LogP contribution in [0.4, 0.5) is 13.2 Å². The highest BCUT2D eigenvalue weighted by molar-refractivity contribution is 5.01. The number of rotatable bonds is 1. The van der Waals surface area contributed by atoms with E-state index in [2.05, 4.69) is 5.32 Å². The van der Waals surface area contributed by atoms with E-state index in [9.17, 15) is 13.2 Å². The average molecular weight is 180 g/mol. The van der Waals surface area contributed by atoms with Crippen LogP contribution in [0.2, 0.25) is 0 Å². The SMILES string of the molecule is FC(F)(F)CN1CC[C@@H]2NC[C@@H]21. The molecule has 2 nitrogen and oxygen atoms in total. The predicted octanol–water partition coefficient (Wildman–Crippen LogP) is 0.595. The van der Waals surface area contributed by atoms with Crippen LogP contribution in [0.5, 0.6) is 0 Å². The molecule has 0 radical (unpaired) electrons. The van der Waals surface area contributed by atoms with Crippen molar-refractivity contribution in [1.29, 1.82) is 0 Å². The van der Waals surface area contributed by atoms with E-state index in [1.165, 1.54) is 4.90 Å². The second-order valence-corrected chi connectivity index (χ2v) is 3.46. The molecule has 2 saturated heterocycles. The van der Waals surface area contributed by atoms with Gasteiger partial charge in [0.2, 0.25) is 0 Å². The summed E-state index contributed by atoms with van der Waals surface area (Å²) in [7, 11) is 0. The fourth-order valence-electron chi connectivity index (χ4n) is 1.97. The third kappa shape index (κ3) is 1.43. The van der Waals surface area contributed by atoms with Crippen molar-refractivity contribution < 1.29 is 13.2 Å². The van der Waals surface area contributed by atoms with Crippen molar-refractivity contribution in [2.45, 2.75) is 24.7 Å². The maximum absolute atomic E-state index is 12.0. The van der Waals surface area contributed by atoms with Gasteiger partial charge in [-0.05, 0) is 6.42 Å². The summed E-state index contributed by atoms with van der Waals surface area (Å²) in [6.07, 6.45) is -3.18. The van der Waals surface area contributed by atoms with E-state index >= 15 is 0 Å². The minimum atomic E-state index is -4.04. The van der Waals surface area contributed by atoms with Crippen LogP contribution in [0.3, 0.4) is 0 Å². The summed E-state index contributed by atoms with van der Waals surface area (Å²) in [6.45, 7) is 0.568. The lowest BCUT2D eigenvalue weighted by atomic mass is 10.0. The Morgan fingerprint density at radius 3 is 2.58 bits per heavy atom. The monoisotopic (exact) mass is 180 g/mol. The van der Waals surface area contributed by atoms with Crippen LogP contribution in [-0.2, 0) is 0 Å². The van der Waals surface area contributed by atoms with Crippen molar-refractivity contribution in [3.8, 4) is 0 Å². The standard InChI is InChI=1S/C7H11F3N2/c8-7(9,10)4-12-2-1-5-6(12)3-11-5/h5-6,11H,1-4H2/t5-,6-/m0/s1. The minimum Gasteiger partial charge on any atom is -0.311 e. The first-order chi connectivity index (χ1) is 5.56. The molecule has 0 saturated carbocycles. The third-order valence-corrected chi connectivity index (χ3v) is 2.63. The van der Waals surface area contributed by atoms with Crippen LogP contribution >= 0.6 is 0 Å². The Labute approximate surface area is 68.7 Å². The second kappa shape index (κ2) is 2.60. The highest BCUT2D eigenvalue weighted by atomic mass is 19.4. The highest BCUT2D eigenvalue weighted by Gasteiger charge is 2.44. The Bertz CT molecular complexity index is 180. The van der Waals surface area contributed by atoms with Gasteiger partial charge in [-0.25, -0.2) is 0 Å².